The first kappa shape index (κ1) is 14.7. The van der Waals surface area contributed by atoms with Crippen LogP contribution in [0.25, 0.3) is 0 Å². The van der Waals surface area contributed by atoms with E-state index in [4.69, 9.17) is 9.47 Å². The van der Waals surface area contributed by atoms with Gasteiger partial charge in [0.1, 0.15) is 5.60 Å². The largest absolute Gasteiger partial charge is 0.381 e. The standard InChI is InChI=1S/C15H25NO3S/c1-20-9-14(17)16-10-15(11-16)13(5-7-19-15)4-6-18-8-12-2-3-12/h12-13H,2-11H2,1H3. The predicted molar refractivity (Wildman–Crippen MR) is 79.9 cm³/mol. The summed E-state index contributed by atoms with van der Waals surface area (Å²) in [4.78, 5) is 13.8. The first-order valence-corrected chi connectivity index (χ1v) is 9.11. The van der Waals surface area contributed by atoms with Crippen LogP contribution in [0, 0.1) is 11.8 Å². The molecule has 20 heavy (non-hydrogen) atoms. The van der Waals surface area contributed by atoms with Crippen LogP contribution in [-0.4, -0.2) is 61.3 Å². The van der Waals surface area contributed by atoms with E-state index in [1.165, 1.54) is 12.8 Å². The smallest absolute Gasteiger partial charge is 0.232 e. The molecule has 3 fully saturated rings. The number of likely N-dealkylation sites (tertiary alicyclic amines) is 1. The van der Waals surface area contributed by atoms with E-state index < -0.39 is 0 Å². The Morgan fingerprint density at radius 1 is 1.40 bits per heavy atom. The van der Waals surface area contributed by atoms with E-state index in [1.54, 1.807) is 11.8 Å². The Balaban J connectivity index is 1.40. The van der Waals surface area contributed by atoms with Gasteiger partial charge in [-0.3, -0.25) is 4.79 Å². The Morgan fingerprint density at radius 3 is 2.90 bits per heavy atom. The molecule has 2 saturated heterocycles. The lowest BCUT2D eigenvalue weighted by atomic mass is 9.79. The average molecular weight is 299 g/mol. The number of rotatable bonds is 7. The molecule has 1 amide bonds. The number of hydrogen-bond acceptors (Lipinski definition) is 4. The molecular formula is C15H25NO3S. The summed E-state index contributed by atoms with van der Waals surface area (Å²) in [5.74, 6) is 2.25. The van der Waals surface area contributed by atoms with Gasteiger partial charge >= 0.3 is 0 Å². The molecule has 3 rings (SSSR count). The highest BCUT2D eigenvalue weighted by molar-refractivity contribution is 7.99. The minimum absolute atomic E-state index is 0.0446. The number of hydrogen-bond donors (Lipinski definition) is 0. The van der Waals surface area contributed by atoms with Crippen molar-refractivity contribution in [1.82, 2.24) is 4.90 Å². The lowest BCUT2D eigenvalue weighted by Gasteiger charge is -2.50. The molecule has 4 nitrogen and oxygen atoms in total. The molecule has 1 atom stereocenters. The summed E-state index contributed by atoms with van der Waals surface area (Å²) in [5, 5.41) is 0. The first-order chi connectivity index (χ1) is 9.73. The molecule has 3 aliphatic rings. The van der Waals surface area contributed by atoms with Crippen LogP contribution >= 0.6 is 11.8 Å². The second-order valence-electron chi connectivity index (χ2n) is 6.39. The van der Waals surface area contributed by atoms with Crippen LogP contribution in [0.3, 0.4) is 0 Å². The van der Waals surface area contributed by atoms with Gasteiger partial charge in [-0.05, 0) is 43.8 Å². The molecule has 0 aromatic carbocycles. The minimum atomic E-state index is -0.0446. The van der Waals surface area contributed by atoms with Gasteiger partial charge in [0, 0.05) is 19.8 Å². The highest BCUT2D eigenvalue weighted by atomic mass is 32.2. The van der Waals surface area contributed by atoms with Gasteiger partial charge in [-0.25, -0.2) is 0 Å². The van der Waals surface area contributed by atoms with Crippen LogP contribution < -0.4 is 0 Å². The fourth-order valence-electron chi connectivity index (χ4n) is 3.29. The zero-order valence-electron chi connectivity index (χ0n) is 12.3. The van der Waals surface area contributed by atoms with Gasteiger partial charge < -0.3 is 14.4 Å². The third-order valence-electron chi connectivity index (χ3n) is 4.80. The second-order valence-corrected chi connectivity index (χ2v) is 7.25. The Bertz CT molecular complexity index is 353. The summed E-state index contributed by atoms with van der Waals surface area (Å²) in [6.45, 7) is 4.22. The molecule has 0 radical (unpaired) electrons. The minimum Gasteiger partial charge on any atom is -0.381 e. The summed E-state index contributed by atoms with van der Waals surface area (Å²) < 4.78 is 11.7. The number of carbonyl (C=O) groups excluding carboxylic acids is 1. The molecule has 0 N–H and O–H groups in total. The van der Waals surface area contributed by atoms with Crippen molar-refractivity contribution in [3.05, 3.63) is 0 Å². The van der Waals surface area contributed by atoms with Crippen LogP contribution in [-0.2, 0) is 14.3 Å². The maximum absolute atomic E-state index is 11.8. The fraction of sp³-hybridized carbons (Fsp3) is 0.933. The molecule has 2 aliphatic heterocycles. The van der Waals surface area contributed by atoms with E-state index >= 15 is 0 Å². The maximum atomic E-state index is 11.8. The molecule has 1 aliphatic carbocycles. The molecule has 1 spiro atoms. The van der Waals surface area contributed by atoms with Gasteiger partial charge in [-0.1, -0.05) is 0 Å². The van der Waals surface area contributed by atoms with E-state index in [9.17, 15) is 4.79 Å². The van der Waals surface area contributed by atoms with E-state index in [0.717, 1.165) is 51.7 Å². The summed E-state index contributed by atoms with van der Waals surface area (Å²) in [7, 11) is 0. The van der Waals surface area contributed by atoms with Crippen LogP contribution in [0.5, 0.6) is 0 Å². The Kier molecular flexibility index (Phi) is 4.58. The highest BCUT2D eigenvalue weighted by Crippen LogP contribution is 2.41. The van der Waals surface area contributed by atoms with Gasteiger partial charge in [0.15, 0.2) is 0 Å². The highest BCUT2D eigenvalue weighted by Gasteiger charge is 2.53. The number of nitrogens with zero attached hydrogens (tertiary/aromatic N) is 1. The zero-order valence-corrected chi connectivity index (χ0v) is 13.1. The van der Waals surface area contributed by atoms with Gasteiger partial charge in [-0.2, -0.15) is 11.8 Å². The quantitative estimate of drug-likeness (QED) is 0.672. The van der Waals surface area contributed by atoms with Crippen molar-refractivity contribution >= 4 is 17.7 Å². The van der Waals surface area contributed by atoms with Gasteiger partial charge in [0.2, 0.25) is 5.91 Å². The number of carbonyl (C=O) groups is 1. The Hall–Kier alpha value is -0.260. The molecule has 0 aromatic rings. The average Bonchev–Trinajstić information content (AvgIpc) is 3.11. The normalized spacial score (nSPS) is 27.9. The predicted octanol–water partition coefficient (Wildman–Crippen LogP) is 1.78. The lowest BCUT2D eigenvalue weighted by Crippen LogP contribution is -2.66. The monoisotopic (exact) mass is 299 g/mol. The molecule has 114 valence electrons. The summed E-state index contributed by atoms with van der Waals surface area (Å²) in [6.07, 6.45) is 6.88. The molecular weight excluding hydrogens is 274 g/mol. The molecule has 2 heterocycles. The van der Waals surface area contributed by atoms with Crippen molar-refractivity contribution in [1.29, 1.82) is 0 Å². The topological polar surface area (TPSA) is 38.8 Å². The summed E-state index contributed by atoms with van der Waals surface area (Å²) in [6, 6.07) is 0. The van der Waals surface area contributed by atoms with Crippen molar-refractivity contribution in [2.45, 2.75) is 31.3 Å². The molecule has 0 bridgehead atoms. The molecule has 1 unspecified atom stereocenters. The van der Waals surface area contributed by atoms with Crippen LogP contribution in [0.1, 0.15) is 25.7 Å². The van der Waals surface area contributed by atoms with Crippen molar-refractivity contribution in [3.8, 4) is 0 Å². The number of amides is 1. The van der Waals surface area contributed by atoms with Crippen molar-refractivity contribution in [2.24, 2.45) is 11.8 Å². The maximum Gasteiger partial charge on any atom is 0.232 e. The fourth-order valence-corrected chi connectivity index (χ4v) is 3.72. The second kappa shape index (κ2) is 6.24. The number of thioether (sulfide) groups is 1. The zero-order chi connectivity index (χ0) is 14.0. The number of ether oxygens (including phenoxy) is 2. The SMILES string of the molecule is CSCC(=O)N1CC2(C1)OCCC2CCOCC1CC1. The van der Waals surface area contributed by atoms with Gasteiger partial charge in [0.25, 0.3) is 0 Å². The Morgan fingerprint density at radius 2 is 2.20 bits per heavy atom. The van der Waals surface area contributed by atoms with Crippen LogP contribution in [0.2, 0.25) is 0 Å². The van der Waals surface area contributed by atoms with Crippen LogP contribution in [0.4, 0.5) is 0 Å². The van der Waals surface area contributed by atoms with E-state index in [2.05, 4.69) is 0 Å². The molecule has 5 heteroatoms. The van der Waals surface area contributed by atoms with Crippen LogP contribution in [0.15, 0.2) is 0 Å². The van der Waals surface area contributed by atoms with Crippen molar-refractivity contribution in [2.75, 3.05) is 44.9 Å². The third kappa shape index (κ3) is 3.15. The summed E-state index contributed by atoms with van der Waals surface area (Å²) in [5.41, 5.74) is -0.0446. The van der Waals surface area contributed by atoms with E-state index in [1.807, 2.05) is 11.2 Å². The molecule has 0 aromatic heterocycles. The van der Waals surface area contributed by atoms with Crippen molar-refractivity contribution < 1.29 is 14.3 Å². The third-order valence-corrected chi connectivity index (χ3v) is 5.33. The summed E-state index contributed by atoms with van der Waals surface area (Å²) >= 11 is 1.59. The van der Waals surface area contributed by atoms with Gasteiger partial charge in [0.05, 0.1) is 18.8 Å². The van der Waals surface area contributed by atoms with E-state index in [0.29, 0.717) is 11.7 Å². The lowest BCUT2D eigenvalue weighted by molar-refractivity contribution is -0.163. The molecule has 1 saturated carbocycles. The first-order valence-electron chi connectivity index (χ1n) is 7.72. The Labute approximate surface area is 125 Å². The van der Waals surface area contributed by atoms with Gasteiger partial charge in [-0.15, -0.1) is 0 Å². The van der Waals surface area contributed by atoms with E-state index in [-0.39, 0.29) is 11.5 Å². The van der Waals surface area contributed by atoms with Crippen molar-refractivity contribution in [3.63, 3.8) is 0 Å².